The van der Waals surface area contributed by atoms with E-state index in [1.54, 1.807) is 0 Å². The molecule has 0 aliphatic rings. The van der Waals surface area contributed by atoms with Gasteiger partial charge in [-0.2, -0.15) is 4.72 Å². The van der Waals surface area contributed by atoms with Gasteiger partial charge in [0.1, 0.15) is 11.6 Å². The molecule has 1 atom stereocenters. The van der Waals surface area contributed by atoms with Crippen LogP contribution in [0.2, 0.25) is 5.02 Å². The molecule has 0 heterocycles. The number of carbonyl (C=O) groups excluding carboxylic acids is 1. The maximum Gasteiger partial charge on any atom is 0.242 e. The SMILES string of the molecule is CCOc1ccc(S(=O)(=O)N[C@H](C)C(=O)Nc2ccc(F)c(Cl)c2)cc1. The highest BCUT2D eigenvalue weighted by Gasteiger charge is 2.22. The highest BCUT2D eigenvalue weighted by atomic mass is 35.5. The second-order valence-corrected chi connectivity index (χ2v) is 7.49. The van der Waals surface area contributed by atoms with Gasteiger partial charge in [0.25, 0.3) is 0 Å². The van der Waals surface area contributed by atoms with Crippen LogP contribution in [0.1, 0.15) is 13.8 Å². The predicted molar refractivity (Wildman–Crippen MR) is 97.4 cm³/mol. The van der Waals surface area contributed by atoms with E-state index in [-0.39, 0.29) is 15.6 Å². The molecule has 0 spiro atoms. The zero-order valence-electron chi connectivity index (χ0n) is 14.1. The van der Waals surface area contributed by atoms with Crippen LogP contribution in [0, 0.1) is 5.82 Å². The number of carbonyl (C=O) groups is 1. The molecule has 0 fully saturated rings. The maximum absolute atomic E-state index is 13.1. The fraction of sp³-hybridized carbons (Fsp3) is 0.235. The van der Waals surface area contributed by atoms with Crippen LogP contribution in [0.15, 0.2) is 47.4 Å². The molecule has 2 N–H and O–H groups in total. The molecule has 6 nitrogen and oxygen atoms in total. The van der Waals surface area contributed by atoms with E-state index < -0.39 is 27.8 Å². The fourth-order valence-electron chi connectivity index (χ4n) is 2.06. The fourth-order valence-corrected chi connectivity index (χ4v) is 3.44. The van der Waals surface area contributed by atoms with Gasteiger partial charge in [0.05, 0.1) is 22.6 Å². The van der Waals surface area contributed by atoms with Crippen LogP contribution >= 0.6 is 11.6 Å². The van der Waals surface area contributed by atoms with Crippen molar-refractivity contribution in [1.29, 1.82) is 0 Å². The van der Waals surface area contributed by atoms with Gasteiger partial charge >= 0.3 is 0 Å². The van der Waals surface area contributed by atoms with E-state index in [4.69, 9.17) is 16.3 Å². The first kappa shape index (κ1) is 20.2. The van der Waals surface area contributed by atoms with E-state index in [0.29, 0.717) is 12.4 Å². The standard InChI is InChI=1S/C17H18ClFN2O4S/c1-3-25-13-5-7-14(8-6-13)26(23,24)21-11(2)17(22)20-12-4-9-16(19)15(18)10-12/h4-11,21H,3H2,1-2H3,(H,20,22)/t11-/m1/s1. The van der Waals surface area contributed by atoms with Crippen molar-refractivity contribution in [3.63, 3.8) is 0 Å². The summed E-state index contributed by atoms with van der Waals surface area (Å²) in [5, 5.41) is 2.32. The van der Waals surface area contributed by atoms with Crippen LogP contribution in [-0.2, 0) is 14.8 Å². The molecule has 9 heteroatoms. The third kappa shape index (κ3) is 5.17. The van der Waals surface area contributed by atoms with E-state index in [1.807, 2.05) is 6.92 Å². The number of amides is 1. The number of hydrogen-bond donors (Lipinski definition) is 2. The van der Waals surface area contributed by atoms with Gasteiger partial charge in [-0.15, -0.1) is 0 Å². The van der Waals surface area contributed by atoms with Crippen molar-refractivity contribution in [1.82, 2.24) is 4.72 Å². The van der Waals surface area contributed by atoms with Crippen molar-refractivity contribution in [3.8, 4) is 5.75 Å². The number of benzene rings is 2. The number of hydrogen-bond acceptors (Lipinski definition) is 4. The van der Waals surface area contributed by atoms with Gasteiger partial charge in [0, 0.05) is 5.69 Å². The summed E-state index contributed by atoms with van der Waals surface area (Å²) in [4.78, 5) is 12.2. The molecule has 26 heavy (non-hydrogen) atoms. The molecule has 0 radical (unpaired) electrons. The van der Waals surface area contributed by atoms with Gasteiger partial charge in [0.2, 0.25) is 15.9 Å². The minimum atomic E-state index is -3.90. The second kappa shape index (κ2) is 8.48. The Bertz CT molecular complexity index is 888. The zero-order valence-corrected chi connectivity index (χ0v) is 15.7. The molecule has 2 aromatic carbocycles. The molecular formula is C17H18ClFN2O4S. The van der Waals surface area contributed by atoms with Crippen LogP contribution in [0.5, 0.6) is 5.75 Å². The molecule has 0 saturated carbocycles. The van der Waals surface area contributed by atoms with Crippen molar-refractivity contribution < 1.29 is 22.3 Å². The Labute approximate surface area is 156 Å². The first-order valence-corrected chi connectivity index (χ1v) is 9.60. The quantitative estimate of drug-likeness (QED) is 0.747. The molecule has 0 aliphatic carbocycles. The Morgan fingerprint density at radius 3 is 2.46 bits per heavy atom. The Morgan fingerprint density at radius 1 is 1.23 bits per heavy atom. The van der Waals surface area contributed by atoms with Crippen molar-refractivity contribution >= 4 is 33.2 Å². The molecule has 0 aliphatic heterocycles. The monoisotopic (exact) mass is 400 g/mol. The molecule has 0 aromatic heterocycles. The molecule has 2 rings (SSSR count). The summed E-state index contributed by atoms with van der Waals surface area (Å²) in [6.45, 7) is 3.68. The number of ether oxygens (including phenoxy) is 1. The van der Waals surface area contributed by atoms with Gasteiger partial charge in [0.15, 0.2) is 0 Å². The van der Waals surface area contributed by atoms with Crippen molar-refractivity contribution in [3.05, 3.63) is 53.3 Å². The minimum absolute atomic E-state index is 0.00503. The Balaban J connectivity index is 2.05. The molecule has 0 bridgehead atoms. The van der Waals surface area contributed by atoms with E-state index in [1.165, 1.54) is 43.3 Å². The van der Waals surface area contributed by atoms with Crippen LogP contribution in [0.25, 0.3) is 0 Å². The first-order chi connectivity index (χ1) is 12.2. The third-order valence-corrected chi connectivity index (χ3v) is 5.20. The van der Waals surface area contributed by atoms with E-state index in [9.17, 15) is 17.6 Å². The Kier molecular flexibility index (Phi) is 6.57. The van der Waals surface area contributed by atoms with Gasteiger partial charge < -0.3 is 10.1 Å². The Morgan fingerprint density at radius 2 is 1.88 bits per heavy atom. The number of rotatable bonds is 7. The molecule has 140 valence electrons. The summed E-state index contributed by atoms with van der Waals surface area (Å²) in [7, 11) is -3.90. The van der Waals surface area contributed by atoms with Crippen molar-refractivity contribution in [2.75, 3.05) is 11.9 Å². The van der Waals surface area contributed by atoms with Gasteiger partial charge in [-0.25, -0.2) is 12.8 Å². The van der Waals surface area contributed by atoms with E-state index >= 15 is 0 Å². The average molecular weight is 401 g/mol. The minimum Gasteiger partial charge on any atom is -0.494 e. The van der Waals surface area contributed by atoms with Crippen molar-refractivity contribution in [2.24, 2.45) is 0 Å². The van der Waals surface area contributed by atoms with Crippen LogP contribution in [0.3, 0.4) is 0 Å². The molecule has 0 unspecified atom stereocenters. The first-order valence-electron chi connectivity index (χ1n) is 7.74. The third-order valence-electron chi connectivity index (χ3n) is 3.36. The average Bonchev–Trinajstić information content (AvgIpc) is 2.58. The molecule has 1 amide bonds. The summed E-state index contributed by atoms with van der Waals surface area (Å²) in [5.41, 5.74) is 0.258. The predicted octanol–water partition coefficient (Wildman–Crippen LogP) is 3.18. The lowest BCUT2D eigenvalue weighted by Crippen LogP contribution is -2.41. The van der Waals surface area contributed by atoms with Crippen LogP contribution in [-0.4, -0.2) is 27.0 Å². The lowest BCUT2D eigenvalue weighted by atomic mass is 10.3. The molecular weight excluding hydrogens is 383 g/mol. The number of anilines is 1. The lowest BCUT2D eigenvalue weighted by Gasteiger charge is -2.15. The van der Waals surface area contributed by atoms with Gasteiger partial charge in [-0.1, -0.05) is 11.6 Å². The summed E-state index contributed by atoms with van der Waals surface area (Å²) in [5.74, 6) is -0.679. The number of sulfonamides is 1. The molecule has 0 saturated heterocycles. The normalized spacial score (nSPS) is 12.5. The smallest absolute Gasteiger partial charge is 0.242 e. The topological polar surface area (TPSA) is 84.5 Å². The summed E-state index contributed by atoms with van der Waals surface area (Å²) in [6.07, 6.45) is 0. The van der Waals surface area contributed by atoms with Gasteiger partial charge in [-0.05, 0) is 56.3 Å². The summed E-state index contributed by atoms with van der Waals surface area (Å²) < 4.78 is 45.4. The van der Waals surface area contributed by atoms with E-state index in [0.717, 1.165) is 6.07 Å². The summed E-state index contributed by atoms with van der Waals surface area (Å²) in [6, 6.07) is 8.44. The second-order valence-electron chi connectivity index (χ2n) is 5.37. The van der Waals surface area contributed by atoms with Crippen molar-refractivity contribution in [2.45, 2.75) is 24.8 Å². The Hall–Kier alpha value is -2.16. The summed E-state index contributed by atoms with van der Waals surface area (Å²) >= 11 is 5.65. The van der Waals surface area contributed by atoms with Crippen LogP contribution < -0.4 is 14.8 Å². The maximum atomic E-state index is 13.1. The lowest BCUT2D eigenvalue weighted by molar-refractivity contribution is -0.117. The molecule has 2 aromatic rings. The van der Waals surface area contributed by atoms with Gasteiger partial charge in [-0.3, -0.25) is 4.79 Å². The van der Waals surface area contributed by atoms with E-state index in [2.05, 4.69) is 10.0 Å². The zero-order chi connectivity index (χ0) is 19.3. The largest absolute Gasteiger partial charge is 0.494 e. The van der Waals surface area contributed by atoms with Crippen LogP contribution in [0.4, 0.5) is 10.1 Å². The number of nitrogens with one attached hydrogen (secondary N) is 2. The highest BCUT2D eigenvalue weighted by Crippen LogP contribution is 2.20. The number of halogens is 2. The highest BCUT2D eigenvalue weighted by molar-refractivity contribution is 7.89.